The Morgan fingerprint density at radius 3 is 2.53 bits per heavy atom. The van der Waals surface area contributed by atoms with Gasteiger partial charge in [-0.15, -0.1) is 11.3 Å². The molecule has 0 unspecified atom stereocenters. The Balaban J connectivity index is 1.31. The van der Waals surface area contributed by atoms with E-state index in [1.807, 2.05) is 48.4 Å². The van der Waals surface area contributed by atoms with E-state index in [0.717, 1.165) is 75.1 Å². The van der Waals surface area contributed by atoms with Gasteiger partial charge in [0.05, 0.1) is 19.3 Å². The Hall–Kier alpha value is -1.96. The summed E-state index contributed by atoms with van der Waals surface area (Å²) in [5, 5.41) is 2.76. The summed E-state index contributed by atoms with van der Waals surface area (Å²) in [5.74, 6) is 1.58. The van der Waals surface area contributed by atoms with Crippen molar-refractivity contribution < 1.29 is 14.3 Å². The molecule has 0 bridgehead atoms. The van der Waals surface area contributed by atoms with Gasteiger partial charge in [-0.1, -0.05) is 0 Å². The van der Waals surface area contributed by atoms with Gasteiger partial charge in [0.2, 0.25) is 0 Å². The molecule has 0 spiro atoms. The number of ether oxygens (including phenoxy) is 2. The van der Waals surface area contributed by atoms with Gasteiger partial charge in [0.15, 0.2) is 0 Å². The van der Waals surface area contributed by atoms with Crippen molar-refractivity contribution in [2.75, 3.05) is 45.9 Å². The summed E-state index contributed by atoms with van der Waals surface area (Å²) in [6, 6.07) is 7.92. The first kappa shape index (κ1) is 21.3. The van der Waals surface area contributed by atoms with E-state index in [9.17, 15) is 4.79 Å². The minimum Gasteiger partial charge on any atom is -0.491 e. The van der Waals surface area contributed by atoms with Gasteiger partial charge in [0, 0.05) is 43.7 Å². The van der Waals surface area contributed by atoms with Crippen molar-refractivity contribution in [3.63, 3.8) is 0 Å². The van der Waals surface area contributed by atoms with E-state index >= 15 is 0 Å². The molecule has 6 nitrogen and oxygen atoms in total. The number of thiazole rings is 1. The van der Waals surface area contributed by atoms with Crippen molar-refractivity contribution in [3.05, 3.63) is 35.3 Å². The number of piperidine rings is 1. The molecule has 1 aromatic heterocycles. The molecule has 0 radical (unpaired) electrons. The van der Waals surface area contributed by atoms with E-state index in [-0.39, 0.29) is 12.0 Å². The first-order valence-electron chi connectivity index (χ1n) is 10.9. The zero-order valence-electron chi connectivity index (χ0n) is 17.9. The fourth-order valence-corrected chi connectivity index (χ4v) is 4.88. The van der Waals surface area contributed by atoms with Crippen molar-refractivity contribution in [1.29, 1.82) is 0 Å². The Kier molecular flexibility index (Phi) is 7.02. The van der Waals surface area contributed by atoms with Crippen LogP contribution in [0, 0.1) is 5.92 Å². The highest BCUT2D eigenvalue weighted by Gasteiger charge is 2.26. The molecule has 162 valence electrons. The maximum atomic E-state index is 12.9. The zero-order valence-corrected chi connectivity index (χ0v) is 18.7. The highest BCUT2D eigenvalue weighted by molar-refractivity contribution is 7.13. The van der Waals surface area contributed by atoms with Gasteiger partial charge in [-0.3, -0.25) is 9.69 Å². The second kappa shape index (κ2) is 9.90. The van der Waals surface area contributed by atoms with Crippen LogP contribution in [0.3, 0.4) is 0 Å². The number of morpholine rings is 1. The predicted molar refractivity (Wildman–Crippen MR) is 119 cm³/mol. The van der Waals surface area contributed by atoms with Gasteiger partial charge in [0.1, 0.15) is 16.5 Å². The first-order valence-corrected chi connectivity index (χ1v) is 11.8. The number of rotatable bonds is 6. The fraction of sp³-hybridized carbons (Fsp3) is 0.565. The second-order valence-electron chi connectivity index (χ2n) is 8.38. The number of amides is 1. The number of carbonyl (C=O) groups is 1. The number of hydrogen-bond donors (Lipinski definition) is 0. The lowest BCUT2D eigenvalue weighted by atomic mass is 9.96. The van der Waals surface area contributed by atoms with Crippen LogP contribution in [0.1, 0.15) is 37.2 Å². The second-order valence-corrected chi connectivity index (χ2v) is 9.24. The van der Waals surface area contributed by atoms with E-state index in [0.29, 0.717) is 11.6 Å². The van der Waals surface area contributed by atoms with E-state index in [2.05, 4.69) is 9.88 Å². The normalized spacial score (nSPS) is 18.7. The molecule has 1 amide bonds. The minimum atomic E-state index is 0.0575. The summed E-state index contributed by atoms with van der Waals surface area (Å²) in [6.07, 6.45) is 2.28. The van der Waals surface area contributed by atoms with Gasteiger partial charge in [0.25, 0.3) is 5.91 Å². The maximum Gasteiger partial charge on any atom is 0.273 e. The number of aromatic nitrogens is 1. The molecule has 30 heavy (non-hydrogen) atoms. The molecule has 0 aliphatic carbocycles. The Labute approximate surface area is 182 Å². The number of hydrogen-bond acceptors (Lipinski definition) is 6. The molecule has 0 saturated carbocycles. The third-order valence-corrected chi connectivity index (χ3v) is 6.61. The van der Waals surface area contributed by atoms with Gasteiger partial charge >= 0.3 is 0 Å². The lowest BCUT2D eigenvalue weighted by molar-refractivity contribution is 0.0242. The lowest BCUT2D eigenvalue weighted by Crippen LogP contribution is -2.44. The predicted octanol–water partition coefficient (Wildman–Crippen LogP) is 3.78. The third-order valence-electron chi connectivity index (χ3n) is 5.72. The number of benzene rings is 1. The van der Waals surface area contributed by atoms with Crippen molar-refractivity contribution in [2.24, 2.45) is 5.92 Å². The minimum absolute atomic E-state index is 0.0575. The van der Waals surface area contributed by atoms with E-state index < -0.39 is 0 Å². The average Bonchev–Trinajstić information content (AvgIpc) is 3.25. The molecule has 4 rings (SSSR count). The smallest absolute Gasteiger partial charge is 0.273 e. The molecular formula is C23H31N3O3S. The summed E-state index contributed by atoms with van der Waals surface area (Å²) in [4.78, 5) is 22.0. The molecule has 3 heterocycles. The van der Waals surface area contributed by atoms with Crippen LogP contribution >= 0.6 is 11.3 Å². The van der Waals surface area contributed by atoms with Crippen LogP contribution in [0.2, 0.25) is 0 Å². The average molecular weight is 430 g/mol. The molecule has 1 aromatic carbocycles. The quantitative estimate of drug-likeness (QED) is 0.699. The van der Waals surface area contributed by atoms with Crippen LogP contribution in [0.25, 0.3) is 10.6 Å². The van der Waals surface area contributed by atoms with Crippen LogP contribution in [0.15, 0.2) is 29.6 Å². The Morgan fingerprint density at radius 1 is 1.17 bits per heavy atom. The van der Waals surface area contributed by atoms with Crippen molar-refractivity contribution in [3.8, 4) is 16.3 Å². The summed E-state index contributed by atoms with van der Waals surface area (Å²) in [5.41, 5.74) is 1.57. The highest BCUT2D eigenvalue weighted by atomic mass is 32.1. The standard InChI is InChI=1S/C23H31N3O3S/c1-17(2)29-20-5-3-19(4-6-20)22-24-21(16-30-22)23(27)26-9-7-18(8-10-26)15-25-11-13-28-14-12-25/h3-6,16-18H,7-15H2,1-2H3. The van der Waals surface area contributed by atoms with Crippen LogP contribution in [0.5, 0.6) is 5.75 Å². The van der Waals surface area contributed by atoms with Crippen LogP contribution in [0.4, 0.5) is 0 Å². The maximum absolute atomic E-state index is 12.9. The largest absolute Gasteiger partial charge is 0.491 e. The van der Waals surface area contributed by atoms with Gasteiger partial charge in [-0.25, -0.2) is 4.98 Å². The fourth-order valence-electron chi connectivity index (χ4n) is 4.08. The van der Waals surface area contributed by atoms with E-state index in [1.165, 1.54) is 11.3 Å². The van der Waals surface area contributed by atoms with Crippen LogP contribution in [-0.4, -0.2) is 72.7 Å². The third kappa shape index (κ3) is 5.39. The van der Waals surface area contributed by atoms with Gasteiger partial charge in [-0.2, -0.15) is 0 Å². The SMILES string of the molecule is CC(C)Oc1ccc(-c2nc(C(=O)N3CCC(CN4CCOCC4)CC3)cs2)cc1. The Bertz CT molecular complexity index is 822. The van der Waals surface area contributed by atoms with Crippen molar-refractivity contribution in [1.82, 2.24) is 14.8 Å². The van der Waals surface area contributed by atoms with Crippen LogP contribution in [-0.2, 0) is 4.74 Å². The van der Waals surface area contributed by atoms with E-state index in [1.54, 1.807) is 0 Å². The monoisotopic (exact) mass is 429 g/mol. The lowest BCUT2D eigenvalue weighted by Gasteiger charge is -2.35. The molecule has 2 aliphatic rings. The molecule has 2 aromatic rings. The Morgan fingerprint density at radius 2 is 1.87 bits per heavy atom. The molecular weight excluding hydrogens is 398 g/mol. The first-order chi connectivity index (χ1) is 14.6. The summed E-state index contributed by atoms with van der Waals surface area (Å²) in [6.45, 7) is 10.5. The molecule has 7 heteroatoms. The molecule has 2 fully saturated rings. The zero-order chi connectivity index (χ0) is 20.9. The van der Waals surface area contributed by atoms with E-state index in [4.69, 9.17) is 9.47 Å². The summed E-state index contributed by atoms with van der Waals surface area (Å²) < 4.78 is 11.1. The molecule has 2 saturated heterocycles. The van der Waals surface area contributed by atoms with Crippen molar-refractivity contribution in [2.45, 2.75) is 32.8 Å². The van der Waals surface area contributed by atoms with Crippen LogP contribution < -0.4 is 4.74 Å². The van der Waals surface area contributed by atoms with Gasteiger partial charge in [-0.05, 0) is 56.9 Å². The van der Waals surface area contributed by atoms with Crippen molar-refractivity contribution >= 4 is 17.2 Å². The van der Waals surface area contributed by atoms with Gasteiger partial charge < -0.3 is 14.4 Å². The summed E-state index contributed by atoms with van der Waals surface area (Å²) >= 11 is 1.52. The number of carbonyl (C=O) groups excluding carboxylic acids is 1. The molecule has 0 atom stereocenters. The topological polar surface area (TPSA) is 54.9 Å². The number of nitrogens with zero attached hydrogens (tertiary/aromatic N) is 3. The number of likely N-dealkylation sites (tertiary alicyclic amines) is 1. The molecule has 0 N–H and O–H groups in total. The highest BCUT2D eigenvalue weighted by Crippen LogP contribution is 2.27. The molecule has 2 aliphatic heterocycles. The summed E-state index contributed by atoms with van der Waals surface area (Å²) in [7, 11) is 0.